The molecule has 2 heterocycles. The molecule has 1 atom stereocenters. The Balaban J connectivity index is 1.60. The van der Waals surface area contributed by atoms with Gasteiger partial charge in [0.15, 0.2) is 0 Å². The molecule has 1 amide bonds. The van der Waals surface area contributed by atoms with E-state index in [-0.39, 0.29) is 0 Å². The maximum Gasteiger partial charge on any atom is 0.222 e. The van der Waals surface area contributed by atoms with Crippen molar-refractivity contribution in [1.29, 1.82) is 0 Å². The lowest BCUT2D eigenvalue weighted by Crippen LogP contribution is -2.32. The van der Waals surface area contributed by atoms with Crippen molar-refractivity contribution in [3.8, 4) is 0 Å². The number of hydrogen-bond acceptors (Lipinski definition) is 2. The molecule has 0 saturated carbocycles. The van der Waals surface area contributed by atoms with Crippen LogP contribution in [0.3, 0.4) is 0 Å². The van der Waals surface area contributed by atoms with Crippen molar-refractivity contribution in [2.75, 3.05) is 19.6 Å². The summed E-state index contributed by atoms with van der Waals surface area (Å²) in [5.41, 5.74) is 2.84. The van der Waals surface area contributed by atoms with Crippen LogP contribution in [0.15, 0.2) is 24.3 Å². The first-order valence-electron chi connectivity index (χ1n) is 7.43. The number of nitrogens with zero attached hydrogens (tertiary/aromatic N) is 1. The SMILES string of the molecule is O=C(CCC1NCCc2ccccc21)N1CCCC1. The number of benzene rings is 1. The van der Waals surface area contributed by atoms with E-state index in [1.54, 1.807) is 0 Å². The standard InChI is InChI=1S/C16H22N2O/c19-16(18-11-3-4-12-18)8-7-15-14-6-2-1-5-13(14)9-10-17-15/h1-2,5-6,15,17H,3-4,7-12H2. The first kappa shape index (κ1) is 12.7. The Bertz CT molecular complexity index is 452. The molecule has 3 nitrogen and oxygen atoms in total. The summed E-state index contributed by atoms with van der Waals surface area (Å²) in [5, 5.41) is 3.55. The highest BCUT2D eigenvalue weighted by molar-refractivity contribution is 5.76. The van der Waals surface area contributed by atoms with Gasteiger partial charge in [-0.2, -0.15) is 0 Å². The molecule has 0 aliphatic carbocycles. The minimum Gasteiger partial charge on any atom is -0.343 e. The van der Waals surface area contributed by atoms with Crippen molar-refractivity contribution in [3.63, 3.8) is 0 Å². The normalized spacial score (nSPS) is 22.3. The fourth-order valence-corrected chi connectivity index (χ4v) is 3.24. The molecule has 1 unspecified atom stereocenters. The number of hydrogen-bond donors (Lipinski definition) is 1. The molecule has 0 spiro atoms. The van der Waals surface area contributed by atoms with Gasteiger partial charge in [-0.15, -0.1) is 0 Å². The van der Waals surface area contributed by atoms with Crippen LogP contribution in [-0.4, -0.2) is 30.4 Å². The Labute approximate surface area is 115 Å². The first-order valence-corrected chi connectivity index (χ1v) is 7.43. The van der Waals surface area contributed by atoms with E-state index in [0.717, 1.165) is 32.5 Å². The zero-order chi connectivity index (χ0) is 13.1. The molecule has 1 N–H and O–H groups in total. The predicted molar refractivity (Wildman–Crippen MR) is 75.9 cm³/mol. The van der Waals surface area contributed by atoms with E-state index in [9.17, 15) is 4.79 Å². The van der Waals surface area contributed by atoms with Crippen LogP contribution in [0.25, 0.3) is 0 Å². The molecular formula is C16H22N2O. The number of carbonyl (C=O) groups is 1. The van der Waals surface area contributed by atoms with Gasteiger partial charge in [0.05, 0.1) is 0 Å². The molecule has 2 aliphatic rings. The van der Waals surface area contributed by atoms with Gasteiger partial charge in [0.2, 0.25) is 5.91 Å². The van der Waals surface area contributed by atoms with Crippen LogP contribution < -0.4 is 5.32 Å². The predicted octanol–water partition coefficient (Wildman–Crippen LogP) is 2.28. The van der Waals surface area contributed by atoms with Crippen LogP contribution in [0, 0.1) is 0 Å². The summed E-state index contributed by atoms with van der Waals surface area (Å²) in [5.74, 6) is 0.336. The van der Waals surface area contributed by atoms with E-state index >= 15 is 0 Å². The molecule has 1 saturated heterocycles. The average Bonchev–Trinajstić information content (AvgIpc) is 2.99. The van der Waals surface area contributed by atoms with Crippen LogP contribution in [0.4, 0.5) is 0 Å². The van der Waals surface area contributed by atoms with Gasteiger partial charge in [0, 0.05) is 25.6 Å². The smallest absolute Gasteiger partial charge is 0.222 e. The van der Waals surface area contributed by atoms with Crippen molar-refractivity contribution in [2.45, 2.75) is 38.1 Å². The van der Waals surface area contributed by atoms with Crippen molar-refractivity contribution >= 4 is 5.91 Å². The second-order valence-corrected chi connectivity index (χ2v) is 5.58. The summed E-state index contributed by atoms with van der Waals surface area (Å²) < 4.78 is 0. The summed E-state index contributed by atoms with van der Waals surface area (Å²) in [7, 11) is 0. The zero-order valence-corrected chi connectivity index (χ0v) is 11.4. The summed E-state index contributed by atoms with van der Waals surface area (Å²) in [4.78, 5) is 14.1. The van der Waals surface area contributed by atoms with Gasteiger partial charge in [0.25, 0.3) is 0 Å². The molecule has 3 heteroatoms. The van der Waals surface area contributed by atoms with E-state index in [0.29, 0.717) is 18.4 Å². The van der Waals surface area contributed by atoms with Gasteiger partial charge >= 0.3 is 0 Å². The lowest BCUT2D eigenvalue weighted by Gasteiger charge is -2.27. The van der Waals surface area contributed by atoms with E-state index in [2.05, 4.69) is 29.6 Å². The highest BCUT2D eigenvalue weighted by Crippen LogP contribution is 2.26. The molecule has 19 heavy (non-hydrogen) atoms. The Morgan fingerprint density at radius 3 is 2.89 bits per heavy atom. The first-order chi connectivity index (χ1) is 9.34. The van der Waals surface area contributed by atoms with Crippen LogP contribution >= 0.6 is 0 Å². The van der Waals surface area contributed by atoms with Gasteiger partial charge in [-0.05, 0) is 43.4 Å². The summed E-state index contributed by atoms with van der Waals surface area (Å²) in [6.45, 7) is 2.96. The van der Waals surface area contributed by atoms with Crippen molar-refractivity contribution in [2.24, 2.45) is 0 Å². The highest BCUT2D eigenvalue weighted by Gasteiger charge is 2.22. The number of rotatable bonds is 3. The molecule has 1 aromatic carbocycles. The van der Waals surface area contributed by atoms with Gasteiger partial charge < -0.3 is 10.2 Å². The third kappa shape index (κ3) is 2.81. The third-order valence-corrected chi connectivity index (χ3v) is 4.32. The lowest BCUT2D eigenvalue weighted by atomic mass is 9.91. The monoisotopic (exact) mass is 258 g/mol. The number of fused-ring (bicyclic) bond motifs is 1. The molecule has 102 valence electrons. The number of nitrogens with one attached hydrogen (secondary N) is 1. The molecule has 0 radical (unpaired) electrons. The van der Waals surface area contributed by atoms with E-state index in [4.69, 9.17) is 0 Å². The number of carbonyl (C=O) groups excluding carboxylic acids is 1. The fourth-order valence-electron chi connectivity index (χ4n) is 3.24. The Kier molecular flexibility index (Phi) is 3.83. The lowest BCUT2D eigenvalue weighted by molar-refractivity contribution is -0.130. The maximum absolute atomic E-state index is 12.1. The maximum atomic E-state index is 12.1. The molecule has 0 aromatic heterocycles. The molecule has 3 rings (SSSR count). The average molecular weight is 258 g/mol. The quantitative estimate of drug-likeness (QED) is 0.902. The van der Waals surface area contributed by atoms with Crippen LogP contribution in [0.1, 0.15) is 42.9 Å². The van der Waals surface area contributed by atoms with Crippen LogP contribution in [0.2, 0.25) is 0 Å². The minimum absolute atomic E-state index is 0.336. The van der Waals surface area contributed by atoms with E-state index in [1.807, 2.05) is 4.90 Å². The Morgan fingerprint density at radius 2 is 2.05 bits per heavy atom. The second-order valence-electron chi connectivity index (χ2n) is 5.58. The number of likely N-dealkylation sites (tertiary alicyclic amines) is 1. The van der Waals surface area contributed by atoms with Crippen molar-refractivity contribution in [1.82, 2.24) is 10.2 Å². The van der Waals surface area contributed by atoms with E-state index < -0.39 is 0 Å². The van der Waals surface area contributed by atoms with Crippen molar-refractivity contribution < 1.29 is 4.79 Å². The van der Waals surface area contributed by atoms with Crippen LogP contribution in [0.5, 0.6) is 0 Å². The summed E-state index contributed by atoms with van der Waals surface area (Å²) in [6.07, 6.45) is 5.05. The summed E-state index contributed by atoms with van der Waals surface area (Å²) >= 11 is 0. The van der Waals surface area contributed by atoms with Gasteiger partial charge in [-0.3, -0.25) is 4.79 Å². The van der Waals surface area contributed by atoms with Crippen LogP contribution in [-0.2, 0) is 11.2 Å². The van der Waals surface area contributed by atoms with E-state index in [1.165, 1.54) is 24.0 Å². The summed E-state index contributed by atoms with van der Waals surface area (Å²) in [6, 6.07) is 8.98. The van der Waals surface area contributed by atoms with Gasteiger partial charge in [0.1, 0.15) is 0 Å². The molecule has 1 fully saturated rings. The largest absolute Gasteiger partial charge is 0.343 e. The molecular weight excluding hydrogens is 236 g/mol. The molecule has 0 bridgehead atoms. The fraction of sp³-hybridized carbons (Fsp3) is 0.562. The topological polar surface area (TPSA) is 32.3 Å². The second kappa shape index (κ2) is 5.74. The molecule has 2 aliphatic heterocycles. The van der Waals surface area contributed by atoms with Crippen molar-refractivity contribution in [3.05, 3.63) is 35.4 Å². The third-order valence-electron chi connectivity index (χ3n) is 4.32. The molecule has 1 aromatic rings. The number of amides is 1. The van der Waals surface area contributed by atoms with Gasteiger partial charge in [-0.1, -0.05) is 24.3 Å². The minimum atomic E-state index is 0.336. The zero-order valence-electron chi connectivity index (χ0n) is 11.4. The van der Waals surface area contributed by atoms with Gasteiger partial charge in [-0.25, -0.2) is 0 Å². The Hall–Kier alpha value is -1.35. The Morgan fingerprint density at radius 1 is 1.26 bits per heavy atom. The highest BCUT2D eigenvalue weighted by atomic mass is 16.2.